The molecule has 0 fully saturated rings. The van der Waals surface area contributed by atoms with Crippen LogP contribution in [0.1, 0.15) is 0 Å². The van der Waals surface area contributed by atoms with Crippen LogP contribution < -0.4 is 0 Å². The molecule has 2 rings (SSSR count). The summed E-state index contributed by atoms with van der Waals surface area (Å²) in [4.78, 5) is 0. The molecule has 0 saturated carbocycles. The topological polar surface area (TPSA) is 20.2 Å². The van der Waals surface area contributed by atoms with Gasteiger partial charge in [0.1, 0.15) is 23.2 Å². The van der Waals surface area contributed by atoms with Crippen molar-refractivity contribution in [1.82, 2.24) is 0 Å². The third kappa shape index (κ3) is 1.86. The van der Waals surface area contributed by atoms with Gasteiger partial charge in [0.05, 0.1) is 0 Å². The highest BCUT2D eigenvalue weighted by atomic mass is 19.1. The summed E-state index contributed by atoms with van der Waals surface area (Å²) in [5, 5.41) is 9.43. The Morgan fingerprint density at radius 2 is 1.38 bits per heavy atom. The molecule has 0 spiro atoms. The fourth-order valence-electron chi connectivity index (χ4n) is 1.44. The summed E-state index contributed by atoms with van der Waals surface area (Å²) in [5.41, 5.74) is -0.0455. The quantitative estimate of drug-likeness (QED) is 0.786. The second kappa shape index (κ2) is 3.89. The van der Waals surface area contributed by atoms with Crippen molar-refractivity contribution in [3.05, 3.63) is 53.8 Å². The number of benzene rings is 2. The maximum Gasteiger partial charge on any atom is 0.131 e. The molecule has 0 aliphatic carbocycles. The highest BCUT2D eigenvalue weighted by Crippen LogP contribution is 2.31. The Morgan fingerprint density at radius 3 is 2.06 bits per heavy atom. The van der Waals surface area contributed by atoms with Crippen molar-refractivity contribution in [3.8, 4) is 16.9 Å². The number of phenolic OH excluding ortho intramolecular Hbond substituents is 1. The van der Waals surface area contributed by atoms with Crippen molar-refractivity contribution < 1.29 is 18.3 Å². The van der Waals surface area contributed by atoms with E-state index in [9.17, 15) is 18.3 Å². The van der Waals surface area contributed by atoms with Crippen molar-refractivity contribution in [2.45, 2.75) is 0 Å². The summed E-state index contributed by atoms with van der Waals surface area (Å²) in [6, 6.07) is 5.98. The van der Waals surface area contributed by atoms with E-state index >= 15 is 0 Å². The molecule has 0 atom stereocenters. The minimum Gasteiger partial charge on any atom is -0.507 e. The minimum atomic E-state index is -0.677. The van der Waals surface area contributed by atoms with E-state index in [1.54, 1.807) is 0 Å². The lowest BCUT2D eigenvalue weighted by molar-refractivity contribution is 0.470. The van der Waals surface area contributed by atoms with Gasteiger partial charge in [-0.2, -0.15) is 0 Å². The van der Waals surface area contributed by atoms with Gasteiger partial charge in [-0.15, -0.1) is 0 Å². The normalized spacial score (nSPS) is 10.4. The summed E-state index contributed by atoms with van der Waals surface area (Å²) in [7, 11) is 0. The van der Waals surface area contributed by atoms with Gasteiger partial charge in [0.25, 0.3) is 0 Å². The predicted octanol–water partition coefficient (Wildman–Crippen LogP) is 3.48. The molecule has 2 aromatic rings. The second-order valence-corrected chi connectivity index (χ2v) is 3.29. The van der Waals surface area contributed by atoms with Crippen molar-refractivity contribution in [1.29, 1.82) is 0 Å². The Hall–Kier alpha value is -1.97. The number of hydrogen-bond acceptors (Lipinski definition) is 1. The number of phenols is 1. The lowest BCUT2D eigenvalue weighted by atomic mass is 10.0. The van der Waals surface area contributed by atoms with Crippen LogP contribution in [0.2, 0.25) is 0 Å². The molecule has 0 aliphatic rings. The molecule has 0 amide bonds. The number of rotatable bonds is 1. The van der Waals surface area contributed by atoms with Gasteiger partial charge in [-0.25, -0.2) is 13.2 Å². The number of aromatic hydroxyl groups is 1. The van der Waals surface area contributed by atoms with Gasteiger partial charge in [-0.1, -0.05) is 0 Å². The van der Waals surface area contributed by atoms with Crippen molar-refractivity contribution >= 4 is 0 Å². The zero-order chi connectivity index (χ0) is 11.7. The van der Waals surface area contributed by atoms with E-state index < -0.39 is 23.2 Å². The molecule has 16 heavy (non-hydrogen) atoms. The fourth-order valence-corrected chi connectivity index (χ4v) is 1.44. The SMILES string of the molecule is Oc1cc(F)ccc1-c1cc(F)ccc1F. The van der Waals surface area contributed by atoms with Crippen LogP contribution in [0, 0.1) is 17.5 Å². The van der Waals surface area contributed by atoms with Crippen LogP contribution in [0.25, 0.3) is 11.1 Å². The fraction of sp³-hybridized carbons (Fsp3) is 0. The molecule has 0 bridgehead atoms. The molecule has 4 heteroatoms. The number of halogens is 3. The Balaban J connectivity index is 2.62. The first-order valence-corrected chi connectivity index (χ1v) is 4.52. The first kappa shape index (κ1) is 10.5. The summed E-state index contributed by atoms with van der Waals surface area (Å²) in [5.74, 6) is -2.37. The summed E-state index contributed by atoms with van der Waals surface area (Å²) in [6.45, 7) is 0. The molecule has 0 unspecified atom stereocenters. The largest absolute Gasteiger partial charge is 0.507 e. The summed E-state index contributed by atoms with van der Waals surface area (Å²) in [6.07, 6.45) is 0. The van der Waals surface area contributed by atoms with E-state index in [4.69, 9.17) is 0 Å². The van der Waals surface area contributed by atoms with Gasteiger partial charge in [0, 0.05) is 17.2 Å². The Kier molecular flexibility index (Phi) is 2.56. The summed E-state index contributed by atoms with van der Waals surface area (Å²) < 4.78 is 39.0. The standard InChI is InChI=1S/C12H7F3O/c13-7-2-4-11(15)10(5-7)9-3-1-8(14)6-12(9)16/h1-6,16H. The van der Waals surface area contributed by atoms with Crippen LogP contribution >= 0.6 is 0 Å². The van der Waals surface area contributed by atoms with Crippen LogP contribution in [0.15, 0.2) is 36.4 Å². The molecular weight excluding hydrogens is 217 g/mol. The first-order chi connectivity index (χ1) is 7.58. The highest BCUT2D eigenvalue weighted by Gasteiger charge is 2.11. The zero-order valence-electron chi connectivity index (χ0n) is 8.05. The van der Waals surface area contributed by atoms with Crippen LogP contribution in [-0.2, 0) is 0 Å². The molecule has 1 nitrogen and oxygen atoms in total. The lowest BCUT2D eigenvalue weighted by Crippen LogP contribution is -1.87. The van der Waals surface area contributed by atoms with E-state index in [2.05, 4.69) is 0 Å². The van der Waals surface area contributed by atoms with Gasteiger partial charge < -0.3 is 5.11 Å². The van der Waals surface area contributed by atoms with Crippen LogP contribution in [0.4, 0.5) is 13.2 Å². The summed E-state index contributed by atoms with van der Waals surface area (Å²) >= 11 is 0. The molecule has 82 valence electrons. The molecule has 0 aromatic heterocycles. The Labute approximate surface area is 89.8 Å². The van der Waals surface area contributed by atoms with Crippen molar-refractivity contribution in [2.24, 2.45) is 0 Å². The molecule has 0 saturated heterocycles. The smallest absolute Gasteiger partial charge is 0.131 e. The zero-order valence-corrected chi connectivity index (χ0v) is 8.05. The Morgan fingerprint density at radius 1 is 0.750 bits per heavy atom. The van der Waals surface area contributed by atoms with Crippen LogP contribution in [0.3, 0.4) is 0 Å². The second-order valence-electron chi connectivity index (χ2n) is 3.29. The van der Waals surface area contributed by atoms with Gasteiger partial charge in [-0.05, 0) is 30.3 Å². The first-order valence-electron chi connectivity index (χ1n) is 4.52. The minimum absolute atomic E-state index is 0.0541. The molecule has 0 heterocycles. The molecule has 1 N–H and O–H groups in total. The Bertz CT molecular complexity index is 538. The average Bonchev–Trinajstić information content (AvgIpc) is 2.22. The van der Waals surface area contributed by atoms with Crippen molar-refractivity contribution in [2.75, 3.05) is 0 Å². The van der Waals surface area contributed by atoms with Gasteiger partial charge in [0.2, 0.25) is 0 Å². The van der Waals surface area contributed by atoms with Crippen LogP contribution in [-0.4, -0.2) is 5.11 Å². The van der Waals surface area contributed by atoms with Gasteiger partial charge in [-0.3, -0.25) is 0 Å². The van der Waals surface area contributed by atoms with Crippen molar-refractivity contribution in [3.63, 3.8) is 0 Å². The molecule has 0 aliphatic heterocycles. The maximum atomic E-state index is 13.4. The lowest BCUT2D eigenvalue weighted by Gasteiger charge is -2.06. The molecule has 2 aromatic carbocycles. The van der Waals surface area contributed by atoms with Gasteiger partial charge in [0.15, 0.2) is 0 Å². The van der Waals surface area contributed by atoms with E-state index in [-0.39, 0.29) is 11.1 Å². The third-order valence-electron chi connectivity index (χ3n) is 2.18. The van der Waals surface area contributed by atoms with E-state index in [0.29, 0.717) is 0 Å². The van der Waals surface area contributed by atoms with Crippen LogP contribution in [0.5, 0.6) is 5.75 Å². The average molecular weight is 224 g/mol. The van der Waals surface area contributed by atoms with E-state index in [1.165, 1.54) is 6.07 Å². The highest BCUT2D eigenvalue weighted by molar-refractivity contribution is 5.70. The molecule has 0 radical (unpaired) electrons. The van der Waals surface area contributed by atoms with Gasteiger partial charge >= 0.3 is 0 Å². The maximum absolute atomic E-state index is 13.4. The van der Waals surface area contributed by atoms with E-state index in [1.807, 2.05) is 0 Å². The monoisotopic (exact) mass is 224 g/mol. The predicted molar refractivity (Wildman–Crippen MR) is 53.4 cm³/mol. The third-order valence-corrected chi connectivity index (χ3v) is 2.18. The molecular formula is C12H7F3O. The van der Waals surface area contributed by atoms with E-state index in [0.717, 1.165) is 30.3 Å². The number of hydrogen-bond donors (Lipinski definition) is 1.